The highest BCUT2D eigenvalue weighted by molar-refractivity contribution is 9.10. The van der Waals surface area contributed by atoms with E-state index in [0.717, 1.165) is 16.5 Å². The molecular formula is C21H24BrNO. The molecule has 2 aromatic rings. The summed E-state index contributed by atoms with van der Waals surface area (Å²) in [6.45, 7) is 2.13. The molecule has 0 fully saturated rings. The monoisotopic (exact) mass is 385 g/mol. The number of carbonyl (C=O) groups is 1. The first-order chi connectivity index (χ1) is 11.7. The van der Waals surface area contributed by atoms with Gasteiger partial charge in [0.05, 0.1) is 12.5 Å². The average Bonchev–Trinajstić information content (AvgIpc) is 2.59. The number of amides is 1. The second-order valence-electron chi connectivity index (χ2n) is 6.57. The molecule has 126 valence electrons. The lowest BCUT2D eigenvalue weighted by Crippen LogP contribution is -2.29. The summed E-state index contributed by atoms with van der Waals surface area (Å²) >= 11 is 3.46. The third kappa shape index (κ3) is 4.27. The zero-order chi connectivity index (χ0) is 16.9. The van der Waals surface area contributed by atoms with E-state index >= 15 is 0 Å². The van der Waals surface area contributed by atoms with Gasteiger partial charge in [-0.1, -0.05) is 53.2 Å². The van der Waals surface area contributed by atoms with Gasteiger partial charge in [0, 0.05) is 4.47 Å². The maximum atomic E-state index is 12.4. The lowest BCUT2D eigenvalue weighted by atomic mass is 9.88. The molecular weight excluding hydrogens is 362 g/mol. The summed E-state index contributed by atoms with van der Waals surface area (Å²) in [5.74, 6) is 0.0812. The molecule has 2 nitrogen and oxygen atoms in total. The van der Waals surface area contributed by atoms with E-state index < -0.39 is 0 Å². The van der Waals surface area contributed by atoms with Crippen LogP contribution in [0.2, 0.25) is 0 Å². The quantitative estimate of drug-likeness (QED) is 0.758. The van der Waals surface area contributed by atoms with Crippen LogP contribution in [0, 0.1) is 0 Å². The van der Waals surface area contributed by atoms with E-state index in [1.54, 1.807) is 0 Å². The molecule has 1 aliphatic rings. The van der Waals surface area contributed by atoms with Crippen molar-refractivity contribution in [1.82, 2.24) is 5.32 Å². The Labute approximate surface area is 152 Å². The summed E-state index contributed by atoms with van der Waals surface area (Å²) in [5.41, 5.74) is 5.22. The van der Waals surface area contributed by atoms with Gasteiger partial charge in [-0.3, -0.25) is 4.79 Å². The van der Waals surface area contributed by atoms with Gasteiger partial charge in [-0.15, -0.1) is 0 Å². The molecule has 0 bridgehead atoms. The number of nitrogens with one attached hydrogen (secondary N) is 1. The topological polar surface area (TPSA) is 29.1 Å². The van der Waals surface area contributed by atoms with Gasteiger partial charge in [0.2, 0.25) is 5.91 Å². The summed E-state index contributed by atoms with van der Waals surface area (Å²) in [6.07, 6.45) is 6.27. The number of rotatable bonds is 5. The molecule has 0 heterocycles. The van der Waals surface area contributed by atoms with Crippen molar-refractivity contribution in [3.05, 3.63) is 69.2 Å². The Hall–Kier alpha value is -1.61. The summed E-state index contributed by atoms with van der Waals surface area (Å²) in [7, 11) is 0. The van der Waals surface area contributed by atoms with Crippen LogP contribution in [0.4, 0.5) is 0 Å². The van der Waals surface area contributed by atoms with Crippen LogP contribution in [-0.4, -0.2) is 5.91 Å². The van der Waals surface area contributed by atoms with Crippen molar-refractivity contribution in [3.8, 4) is 0 Å². The van der Waals surface area contributed by atoms with Crippen molar-refractivity contribution in [2.45, 2.75) is 51.5 Å². The highest BCUT2D eigenvalue weighted by Crippen LogP contribution is 2.26. The fraction of sp³-hybridized carbons (Fsp3) is 0.381. The van der Waals surface area contributed by atoms with E-state index in [9.17, 15) is 4.79 Å². The molecule has 24 heavy (non-hydrogen) atoms. The first-order valence-corrected chi connectivity index (χ1v) is 9.60. The van der Waals surface area contributed by atoms with Crippen molar-refractivity contribution in [2.24, 2.45) is 0 Å². The van der Waals surface area contributed by atoms with E-state index in [0.29, 0.717) is 6.42 Å². The fourth-order valence-corrected chi connectivity index (χ4v) is 3.92. The largest absolute Gasteiger partial charge is 0.349 e. The Morgan fingerprint density at radius 2 is 1.92 bits per heavy atom. The molecule has 1 N–H and O–H groups in total. The highest BCUT2D eigenvalue weighted by atomic mass is 79.9. The molecule has 0 aromatic heterocycles. The highest BCUT2D eigenvalue weighted by Gasteiger charge is 2.16. The van der Waals surface area contributed by atoms with Gasteiger partial charge in [0.15, 0.2) is 0 Å². The molecule has 3 heteroatoms. The fourth-order valence-electron chi connectivity index (χ4n) is 3.47. The van der Waals surface area contributed by atoms with Crippen LogP contribution in [0.15, 0.2) is 46.9 Å². The minimum absolute atomic E-state index is 0.0812. The van der Waals surface area contributed by atoms with Gasteiger partial charge in [0.1, 0.15) is 0 Å². The number of benzene rings is 2. The summed E-state index contributed by atoms with van der Waals surface area (Å²) in [4.78, 5) is 12.4. The Morgan fingerprint density at radius 1 is 1.12 bits per heavy atom. The molecule has 0 spiro atoms. The van der Waals surface area contributed by atoms with Gasteiger partial charge >= 0.3 is 0 Å². The minimum atomic E-state index is 0.0812. The van der Waals surface area contributed by atoms with Gasteiger partial charge in [0.25, 0.3) is 0 Å². The molecule has 3 rings (SSSR count). The van der Waals surface area contributed by atoms with Crippen LogP contribution in [-0.2, 0) is 24.1 Å². The molecule has 1 atom stereocenters. The number of carbonyl (C=O) groups excluding carboxylic acids is 1. The summed E-state index contributed by atoms with van der Waals surface area (Å²) in [6, 6.07) is 14.8. The van der Waals surface area contributed by atoms with Crippen LogP contribution in [0.3, 0.4) is 0 Å². The number of aryl methyl sites for hydroxylation is 2. The van der Waals surface area contributed by atoms with E-state index in [1.807, 2.05) is 24.3 Å². The third-order valence-corrected chi connectivity index (χ3v) is 5.27. The Kier molecular flexibility index (Phi) is 5.72. The number of hydrogen-bond acceptors (Lipinski definition) is 1. The zero-order valence-corrected chi connectivity index (χ0v) is 15.7. The minimum Gasteiger partial charge on any atom is -0.349 e. The van der Waals surface area contributed by atoms with Crippen molar-refractivity contribution < 1.29 is 4.79 Å². The van der Waals surface area contributed by atoms with Crippen molar-refractivity contribution >= 4 is 21.8 Å². The van der Waals surface area contributed by atoms with Crippen LogP contribution in [0.25, 0.3) is 0 Å². The standard InChI is InChI=1S/C21H24BrNO/c1-2-20(18-11-10-16-7-3-4-8-17(16)14-18)23-21(24)13-15-6-5-9-19(22)12-15/h5-6,9-12,14,20H,2-4,7-8,13H2,1H3,(H,23,24)/t20-/m0/s1. The lowest BCUT2D eigenvalue weighted by Gasteiger charge is -2.22. The SMILES string of the molecule is CC[C@H](NC(=O)Cc1cccc(Br)c1)c1ccc2c(c1)CCCC2. The Balaban J connectivity index is 1.69. The van der Waals surface area contributed by atoms with E-state index in [-0.39, 0.29) is 11.9 Å². The maximum absolute atomic E-state index is 12.4. The van der Waals surface area contributed by atoms with Crippen LogP contribution in [0.5, 0.6) is 0 Å². The van der Waals surface area contributed by atoms with E-state index in [4.69, 9.17) is 0 Å². The second-order valence-corrected chi connectivity index (χ2v) is 7.49. The van der Waals surface area contributed by atoms with Crippen molar-refractivity contribution in [3.63, 3.8) is 0 Å². The molecule has 0 aliphatic heterocycles. The predicted octanol–water partition coefficient (Wildman–Crippen LogP) is 5.14. The number of hydrogen-bond donors (Lipinski definition) is 1. The molecule has 0 radical (unpaired) electrons. The van der Waals surface area contributed by atoms with Gasteiger partial charge in [-0.2, -0.15) is 0 Å². The Bertz CT molecular complexity index is 726. The van der Waals surface area contributed by atoms with Crippen LogP contribution < -0.4 is 5.32 Å². The first-order valence-electron chi connectivity index (χ1n) is 8.81. The van der Waals surface area contributed by atoms with Gasteiger partial charge in [-0.05, 0) is 66.5 Å². The van der Waals surface area contributed by atoms with Crippen LogP contribution >= 0.6 is 15.9 Å². The summed E-state index contributed by atoms with van der Waals surface area (Å²) in [5, 5.41) is 3.20. The molecule has 1 amide bonds. The summed E-state index contributed by atoms with van der Waals surface area (Å²) < 4.78 is 1.01. The van der Waals surface area contributed by atoms with Crippen molar-refractivity contribution in [2.75, 3.05) is 0 Å². The molecule has 0 saturated heterocycles. The van der Waals surface area contributed by atoms with E-state index in [2.05, 4.69) is 46.4 Å². The first kappa shape index (κ1) is 17.2. The lowest BCUT2D eigenvalue weighted by molar-refractivity contribution is -0.121. The number of fused-ring (bicyclic) bond motifs is 1. The van der Waals surface area contributed by atoms with Crippen LogP contribution in [0.1, 0.15) is 54.5 Å². The number of halogens is 1. The molecule has 2 aromatic carbocycles. The maximum Gasteiger partial charge on any atom is 0.224 e. The molecule has 0 saturated carbocycles. The normalized spacial score (nSPS) is 14.8. The second kappa shape index (κ2) is 7.98. The molecule has 1 aliphatic carbocycles. The van der Waals surface area contributed by atoms with E-state index in [1.165, 1.54) is 42.4 Å². The molecule has 0 unspecified atom stereocenters. The average molecular weight is 386 g/mol. The Morgan fingerprint density at radius 3 is 2.67 bits per heavy atom. The van der Waals surface area contributed by atoms with Gasteiger partial charge < -0.3 is 5.32 Å². The zero-order valence-electron chi connectivity index (χ0n) is 14.1. The predicted molar refractivity (Wildman–Crippen MR) is 102 cm³/mol. The van der Waals surface area contributed by atoms with Gasteiger partial charge in [-0.25, -0.2) is 0 Å². The third-order valence-electron chi connectivity index (χ3n) is 4.77. The smallest absolute Gasteiger partial charge is 0.224 e. The van der Waals surface area contributed by atoms with Crippen molar-refractivity contribution in [1.29, 1.82) is 0 Å².